The van der Waals surface area contributed by atoms with Crippen LogP contribution in [0.5, 0.6) is 11.5 Å². The van der Waals surface area contributed by atoms with Gasteiger partial charge >= 0.3 is 0 Å². The highest BCUT2D eigenvalue weighted by Crippen LogP contribution is 2.31. The van der Waals surface area contributed by atoms with Crippen molar-refractivity contribution in [1.29, 1.82) is 0 Å². The highest BCUT2D eigenvalue weighted by atomic mass is 79.9. The van der Waals surface area contributed by atoms with Crippen molar-refractivity contribution in [2.75, 3.05) is 6.61 Å². The van der Waals surface area contributed by atoms with Crippen molar-refractivity contribution in [3.05, 3.63) is 62.6 Å². The monoisotopic (exact) mass is 364 g/mol. The minimum atomic E-state index is -0.0678. The molecule has 0 saturated heterocycles. The normalized spacial score (nSPS) is 15.7. The number of fused-ring (bicyclic) bond motifs is 1. The van der Waals surface area contributed by atoms with Crippen molar-refractivity contribution in [2.45, 2.75) is 0 Å². The zero-order valence-electron chi connectivity index (χ0n) is 10.8. The lowest BCUT2D eigenvalue weighted by Crippen LogP contribution is -2.18. The molecular formula is C16H10BrClO3. The predicted octanol–water partition coefficient (Wildman–Crippen LogP) is 4.47. The third-order valence-electron chi connectivity index (χ3n) is 3.17. The van der Waals surface area contributed by atoms with Gasteiger partial charge in [0.15, 0.2) is 5.78 Å². The Labute approximate surface area is 134 Å². The van der Waals surface area contributed by atoms with Gasteiger partial charge in [0, 0.05) is 10.0 Å². The van der Waals surface area contributed by atoms with Gasteiger partial charge in [-0.1, -0.05) is 33.6 Å². The van der Waals surface area contributed by atoms with Gasteiger partial charge in [0.25, 0.3) is 0 Å². The van der Waals surface area contributed by atoms with E-state index in [9.17, 15) is 9.90 Å². The van der Waals surface area contributed by atoms with Crippen molar-refractivity contribution in [1.82, 2.24) is 0 Å². The van der Waals surface area contributed by atoms with Crippen LogP contribution in [0.15, 0.2) is 46.4 Å². The van der Waals surface area contributed by atoms with Gasteiger partial charge in [-0.25, -0.2) is 0 Å². The summed E-state index contributed by atoms with van der Waals surface area (Å²) in [6.07, 6.45) is 1.72. The van der Waals surface area contributed by atoms with Crippen molar-refractivity contribution >= 4 is 39.4 Å². The summed E-state index contributed by atoms with van der Waals surface area (Å²) in [4.78, 5) is 12.5. The van der Waals surface area contributed by atoms with Crippen LogP contribution in [0.2, 0.25) is 5.02 Å². The number of hydrogen-bond donors (Lipinski definition) is 1. The molecule has 1 aliphatic heterocycles. The van der Waals surface area contributed by atoms with E-state index in [-0.39, 0.29) is 23.2 Å². The van der Waals surface area contributed by atoms with E-state index in [2.05, 4.69) is 15.9 Å². The second kappa shape index (κ2) is 5.54. The molecule has 3 nitrogen and oxygen atoms in total. The van der Waals surface area contributed by atoms with Crippen LogP contribution in [0, 0.1) is 0 Å². The maximum atomic E-state index is 12.5. The Kier molecular flexibility index (Phi) is 3.74. The lowest BCUT2D eigenvalue weighted by Gasteiger charge is -2.19. The lowest BCUT2D eigenvalue weighted by atomic mass is 9.98. The fraction of sp³-hybridized carbons (Fsp3) is 0.0625. The molecular weight excluding hydrogens is 356 g/mol. The average Bonchev–Trinajstić information content (AvgIpc) is 2.46. The summed E-state index contributed by atoms with van der Waals surface area (Å²) in [6, 6.07) is 10.1. The number of ketones is 1. The zero-order valence-corrected chi connectivity index (χ0v) is 13.1. The lowest BCUT2D eigenvalue weighted by molar-refractivity contribution is 0.100. The van der Waals surface area contributed by atoms with Gasteiger partial charge in [0.05, 0.1) is 10.6 Å². The Hall–Kier alpha value is -1.78. The molecule has 106 valence electrons. The van der Waals surface area contributed by atoms with Crippen molar-refractivity contribution in [3.63, 3.8) is 0 Å². The molecule has 0 saturated carbocycles. The van der Waals surface area contributed by atoms with Gasteiger partial charge in [0.2, 0.25) is 0 Å². The second-order valence-electron chi connectivity index (χ2n) is 4.64. The molecule has 5 heteroatoms. The van der Waals surface area contributed by atoms with E-state index < -0.39 is 0 Å². The summed E-state index contributed by atoms with van der Waals surface area (Å²) in [7, 11) is 0. The zero-order chi connectivity index (χ0) is 15.0. The maximum Gasteiger partial charge on any atom is 0.196 e. The van der Waals surface area contributed by atoms with Gasteiger partial charge < -0.3 is 9.84 Å². The number of aromatic hydroxyl groups is 1. The number of halogens is 2. The first-order valence-electron chi connectivity index (χ1n) is 6.21. The molecule has 0 amide bonds. The summed E-state index contributed by atoms with van der Waals surface area (Å²) in [5, 5.41) is 9.66. The van der Waals surface area contributed by atoms with E-state index in [1.54, 1.807) is 30.3 Å². The fourth-order valence-corrected chi connectivity index (χ4v) is 2.67. The van der Waals surface area contributed by atoms with E-state index in [1.807, 2.05) is 6.07 Å². The Morgan fingerprint density at radius 3 is 2.81 bits per heavy atom. The SMILES string of the molecule is O=C1/C(=C/c2ccc(O)c(Cl)c2)COc2ccc(Br)cc21. The van der Waals surface area contributed by atoms with Crippen LogP contribution in [0.1, 0.15) is 15.9 Å². The molecule has 1 aliphatic rings. The quantitative estimate of drug-likeness (QED) is 0.759. The Morgan fingerprint density at radius 1 is 1.24 bits per heavy atom. The molecule has 0 aromatic heterocycles. The molecule has 2 aromatic rings. The van der Waals surface area contributed by atoms with E-state index in [0.717, 1.165) is 10.0 Å². The third kappa shape index (κ3) is 2.82. The number of phenols is 1. The van der Waals surface area contributed by atoms with Crippen LogP contribution in [-0.4, -0.2) is 17.5 Å². The van der Waals surface area contributed by atoms with Gasteiger partial charge in [-0.3, -0.25) is 4.79 Å². The fourth-order valence-electron chi connectivity index (χ4n) is 2.12. The number of phenolic OH excluding ortho intramolecular Hbond substituents is 1. The molecule has 3 rings (SSSR count). The van der Waals surface area contributed by atoms with Crippen LogP contribution in [0.25, 0.3) is 6.08 Å². The molecule has 0 bridgehead atoms. The minimum absolute atomic E-state index is 0.0133. The van der Waals surface area contributed by atoms with E-state index >= 15 is 0 Å². The van der Waals surface area contributed by atoms with Crippen molar-refractivity contribution in [2.24, 2.45) is 0 Å². The summed E-state index contributed by atoms with van der Waals surface area (Å²) in [5.74, 6) is 0.533. The standard InChI is InChI=1S/C16H10BrClO3/c17-11-2-4-15-12(7-11)16(20)10(8-21-15)5-9-1-3-14(19)13(18)6-9/h1-7,19H,8H2/b10-5+. The molecule has 1 N–H and O–H groups in total. The van der Waals surface area contributed by atoms with Crippen LogP contribution in [0.3, 0.4) is 0 Å². The molecule has 0 aliphatic carbocycles. The number of rotatable bonds is 1. The molecule has 0 atom stereocenters. The molecule has 0 unspecified atom stereocenters. The summed E-state index contributed by atoms with van der Waals surface area (Å²) < 4.78 is 6.42. The number of ether oxygens (including phenoxy) is 1. The molecule has 0 spiro atoms. The van der Waals surface area contributed by atoms with Gasteiger partial charge in [0.1, 0.15) is 18.1 Å². The Balaban J connectivity index is 1.99. The van der Waals surface area contributed by atoms with Crippen molar-refractivity contribution < 1.29 is 14.6 Å². The molecule has 1 heterocycles. The first kappa shape index (κ1) is 14.2. The maximum absolute atomic E-state index is 12.5. The highest BCUT2D eigenvalue weighted by molar-refractivity contribution is 9.10. The predicted molar refractivity (Wildman–Crippen MR) is 85.1 cm³/mol. The number of benzene rings is 2. The van der Waals surface area contributed by atoms with Gasteiger partial charge in [-0.05, 0) is 42.0 Å². The summed E-state index contributed by atoms with van der Waals surface area (Å²) in [5.41, 5.74) is 1.82. The molecule has 0 radical (unpaired) electrons. The Morgan fingerprint density at radius 2 is 2.05 bits per heavy atom. The molecule has 0 fully saturated rings. The van der Waals surface area contributed by atoms with Gasteiger partial charge in [-0.15, -0.1) is 0 Å². The van der Waals surface area contributed by atoms with E-state index in [0.29, 0.717) is 16.9 Å². The average molecular weight is 366 g/mol. The number of carbonyl (C=O) groups is 1. The second-order valence-corrected chi connectivity index (χ2v) is 5.96. The number of Topliss-reactive ketones (excluding diaryl/α,β-unsaturated/α-hetero) is 1. The van der Waals surface area contributed by atoms with Crippen LogP contribution in [0.4, 0.5) is 0 Å². The number of carbonyl (C=O) groups excluding carboxylic acids is 1. The smallest absolute Gasteiger partial charge is 0.196 e. The first-order valence-corrected chi connectivity index (χ1v) is 7.38. The van der Waals surface area contributed by atoms with E-state index in [4.69, 9.17) is 16.3 Å². The van der Waals surface area contributed by atoms with Crippen LogP contribution < -0.4 is 4.74 Å². The van der Waals surface area contributed by atoms with Crippen LogP contribution >= 0.6 is 27.5 Å². The largest absolute Gasteiger partial charge is 0.506 e. The first-order chi connectivity index (χ1) is 10.0. The molecule has 21 heavy (non-hydrogen) atoms. The topological polar surface area (TPSA) is 46.5 Å². The molecule has 2 aromatic carbocycles. The van der Waals surface area contributed by atoms with Crippen molar-refractivity contribution in [3.8, 4) is 11.5 Å². The number of hydrogen-bond acceptors (Lipinski definition) is 3. The summed E-state index contributed by atoms with van der Waals surface area (Å²) >= 11 is 9.22. The summed E-state index contributed by atoms with van der Waals surface area (Å²) in [6.45, 7) is 0.214. The van der Waals surface area contributed by atoms with E-state index in [1.165, 1.54) is 6.07 Å². The van der Waals surface area contributed by atoms with Crippen LogP contribution in [-0.2, 0) is 0 Å². The minimum Gasteiger partial charge on any atom is -0.506 e. The van der Waals surface area contributed by atoms with Gasteiger partial charge in [-0.2, -0.15) is 0 Å². The third-order valence-corrected chi connectivity index (χ3v) is 3.97. The Bertz CT molecular complexity index is 768. The highest BCUT2D eigenvalue weighted by Gasteiger charge is 2.23.